The first-order chi connectivity index (χ1) is 16.6. The number of aromatic amines is 1. The number of pyridine rings is 1. The van der Waals surface area contributed by atoms with Gasteiger partial charge < -0.3 is 9.40 Å². The molecule has 0 radical (unpaired) electrons. The van der Waals surface area contributed by atoms with Crippen LogP contribution in [0.5, 0.6) is 0 Å². The number of hydrogen-bond acceptors (Lipinski definition) is 6. The van der Waals surface area contributed by atoms with Gasteiger partial charge in [0.1, 0.15) is 5.76 Å². The number of rotatable bonds is 9. The molecule has 4 aromatic rings. The first-order valence-corrected chi connectivity index (χ1v) is 12.3. The van der Waals surface area contributed by atoms with Crippen molar-refractivity contribution in [1.29, 1.82) is 0 Å². The molecule has 0 amide bonds. The van der Waals surface area contributed by atoms with Gasteiger partial charge in [0, 0.05) is 17.6 Å². The summed E-state index contributed by atoms with van der Waals surface area (Å²) in [7, 11) is 0. The number of nitrogens with one attached hydrogen (secondary N) is 1. The van der Waals surface area contributed by atoms with Crippen molar-refractivity contribution in [3.05, 3.63) is 75.2 Å². The minimum Gasteiger partial charge on any atom is -0.468 e. The molecule has 3 aromatic heterocycles. The van der Waals surface area contributed by atoms with E-state index in [4.69, 9.17) is 4.42 Å². The van der Waals surface area contributed by atoms with Crippen molar-refractivity contribution in [1.82, 2.24) is 30.1 Å². The number of nitrogens with zero attached hydrogens (tertiary/aromatic N) is 5. The van der Waals surface area contributed by atoms with Gasteiger partial charge in [-0.05, 0) is 97.3 Å². The van der Waals surface area contributed by atoms with E-state index in [0.717, 1.165) is 34.5 Å². The van der Waals surface area contributed by atoms with E-state index in [1.165, 1.54) is 5.56 Å². The zero-order valence-electron chi connectivity index (χ0n) is 21.8. The number of hydrogen-bond donors (Lipinski definition) is 1. The monoisotopic (exact) mass is 476 g/mol. The summed E-state index contributed by atoms with van der Waals surface area (Å²) in [5.41, 5.74) is 3.59. The van der Waals surface area contributed by atoms with Crippen LogP contribution in [0, 0.1) is 19.8 Å². The van der Waals surface area contributed by atoms with Crippen molar-refractivity contribution in [3.8, 4) is 0 Å². The number of furan rings is 1. The third-order valence-electron chi connectivity index (χ3n) is 7.07. The van der Waals surface area contributed by atoms with Crippen molar-refractivity contribution >= 4 is 10.9 Å². The molecule has 0 aliphatic heterocycles. The predicted octanol–water partition coefficient (Wildman–Crippen LogP) is 5.27. The van der Waals surface area contributed by atoms with E-state index in [-0.39, 0.29) is 23.1 Å². The molecule has 0 bridgehead atoms. The SMILES string of the molecule is CCC(C)(C)n1nnnc1C(C(C)C)N(Cc1ccco1)Cc1cc2cc(C)c(C)cc2[nH]c1=O. The van der Waals surface area contributed by atoms with E-state index in [9.17, 15) is 4.79 Å². The second-order valence-electron chi connectivity index (χ2n) is 10.4. The highest BCUT2D eigenvalue weighted by atomic mass is 16.3. The van der Waals surface area contributed by atoms with E-state index in [1.807, 2.05) is 28.9 Å². The summed E-state index contributed by atoms with van der Waals surface area (Å²) in [6.07, 6.45) is 2.56. The van der Waals surface area contributed by atoms with Gasteiger partial charge in [-0.25, -0.2) is 4.68 Å². The van der Waals surface area contributed by atoms with E-state index < -0.39 is 0 Å². The van der Waals surface area contributed by atoms with E-state index in [2.05, 4.69) is 79.9 Å². The molecule has 186 valence electrons. The number of aromatic nitrogens is 5. The second kappa shape index (κ2) is 9.77. The molecule has 0 spiro atoms. The lowest BCUT2D eigenvalue weighted by atomic mass is 9.97. The molecule has 8 heteroatoms. The maximum absolute atomic E-state index is 13.2. The second-order valence-corrected chi connectivity index (χ2v) is 10.4. The number of tetrazole rings is 1. The van der Waals surface area contributed by atoms with Crippen LogP contribution in [-0.2, 0) is 18.6 Å². The summed E-state index contributed by atoms with van der Waals surface area (Å²) in [5.74, 6) is 1.81. The third-order valence-corrected chi connectivity index (χ3v) is 7.07. The maximum atomic E-state index is 13.2. The van der Waals surface area contributed by atoms with E-state index >= 15 is 0 Å². The lowest BCUT2D eigenvalue weighted by Crippen LogP contribution is -2.38. The van der Waals surface area contributed by atoms with Crippen LogP contribution in [0.25, 0.3) is 10.9 Å². The molecule has 0 fully saturated rings. The normalized spacial score (nSPS) is 13.3. The highest BCUT2D eigenvalue weighted by Gasteiger charge is 2.34. The van der Waals surface area contributed by atoms with E-state index in [0.29, 0.717) is 18.7 Å². The van der Waals surface area contributed by atoms with Gasteiger partial charge in [-0.15, -0.1) is 5.10 Å². The number of H-pyrrole nitrogens is 1. The average molecular weight is 477 g/mol. The molecule has 0 aliphatic rings. The van der Waals surface area contributed by atoms with E-state index in [1.54, 1.807) is 6.26 Å². The molecule has 3 heterocycles. The third kappa shape index (κ3) is 5.07. The molecule has 1 unspecified atom stereocenters. The summed E-state index contributed by atoms with van der Waals surface area (Å²) in [6, 6.07) is 9.89. The minimum absolute atomic E-state index is 0.0822. The van der Waals surface area contributed by atoms with Crippen LogP contribution in [0.15, 0.2) is 45.8 Å². The molecule has 35 heavy (non-hydrogen) atoms. The smallest absolute Gasteiger partial charge is 0.252 e. The zero-order chi connectivity index (χ0) is 25.3. The summed E-state index contributed by atoms with van der Waals surface area (Å²) < 4.78 is 7.65. The van der Waals surface area contributed by atoms with Crippen LogP contribution >= 0.6 is 0 Å². The molecular formula is C27H36N6O2. The van der Waals surface area contributed by atoms with Gasteiger partial charge in [0.25, 0.3) is 5.56 Å². The number of benzene rings is 1. The Bertz CT molecular complexity index is 1350. The Morgan fingerprint density at radius 2 is 1.89 bits per heavy atom. The molecular weight excluding hydrogens is 440 g/mol. The van der Waals surface area contributed by atoms with Gasteiger partial charge in [0.15, 0.2) is 5.82 Å². The van der Waals surface area contributed by atoms with Gasteiger partial charge >= 0.3 is 0 Å². The molecule has 0 saturated heterocycles. The zero-order valence-corrected chi connectivity index (χ0v) is 21.8. The summed E-state index contributed by atoms with van der Waals surface area (Å²) in [5, 5.41) is 13.9. The Labute approximate surface area is 206 Å². The highest BCUT2D eigenvalue weighted by Crippen LogP contribution is 2.33. The molecule has 0 saturated carbocycles. The topological polar surface area (TPSA) is 92.8 Å². The van der Waals surface area contributed by atoms with Crippen LogP contribution in [0.1, 0.15) is 75.4 Å². The molecule has 1 aromatic carbocycles. The fourth-order valence-electron chi connectivity index (χ4n) is 4.56. The Balaban J connectivity index is 1.80. The fourth-order valence-corrected chi connectivity index (χ4v) is 4.56. The largest absolute Gasteiger partial charge is 0.468 e. The Morgan fingerprint density at radius 3 is 2.54 bits per heavy atom. The minimum atomic E-state index is -0.238. The van der Waals surface area contributed by atoms with Crippen molar-refractivity contribution in [2.24, 2.45) is 5.92 Å². The van der Waals surface area contributed by atoms with Crippen molar-refractivity contribution < 1.29 is 4.42 Å². The number of aryl methyl sites for hydroxylation is 2. The molecule has 0 aliphatic carbocycles. The van der Waals surface area contributed by atoms with Crippen molar-refractivity contribution in [2.75, 3.05) is 0 Å². The van der Waals surface area contributed by atoms with Crippen LogP contribution in [0.2, 0.25) is 0 Å². The Hall–Kier alpha value is -3.26. The predicted molar refractivity (Wildman–Crippen MR) is 137 cm³/mol. The Morgan fingerprint density at radius 1 is 1.14 bits per heavy atom. The lowest BCUT2D eigenvalue weighted by Gasteiger charge is -2.35. The Kier molecular flexibility index (Phi) is 6.94. The first-order valence-electron chi connectivity index (χ1n) is 12.3. The highest BCUT2D eigenvalue weighted by molar-refractivity contribution is 5.80. The van der Waals surface area contributed by atoms with Gasteiger partial charge in [0.2, 0.25) is 0 Å². The van der Waals surface area contributed by atoms with Crippen LogP contribution in [0.3, 0.4) is 0 Å². The fraction of sp³-hybridized carbons (Fsp3) is 0.481. The lowest BCUT2D eigenvalue weighted by molar-refractivity contribution is 0.109. The average Bonchev–Trinajstić information content (AvgIpc) is 3.48. The van der Waals surface area contributed by atoms with Gasteiger partial charge in [-0.3, -0.25) is 9.69 Å². The van der Waals surface area contributed by atoms with Crippen molar-refractivity contribution in [3.63, 3.8) is 0 Å². The first kappa shape index (κ1) is 24.9. The van der Waals surface area contributed by atoms with Crippen LogP contribution < -0.4 is 5.56 Å². The van der Waals surface area contributed by atoms with Crippen LogP contribution in [0.4, 0.5) is 0 Å². The number of fused-ring (bicyclic) bond motifs is 1. The molecule has 1 N–H and O–H groups in total. The molecule has 8 nitrogen and oxygen atoms in total. The van der Waals surface area contributed by atoms with Gasteiger partial charge in [-0.1, -0.05) is 20.8 Å². The maximum Gasteiger partial charge on any atom is 0.252 e. The van der Waals surface area contributed by atoms with Gasteiger partial charge in [0.05, 0.1) is 24.4 Å². The van der Waals surface area contributed by atoms with Gasteiger partial charge in [-0.2, -0.15) is 0 Å². The van der Waals surface area contributed by atoms with Crippen molar-refractivity contribution in [2.45, 2.75) is 79.6 Å². The molecule has 4 rings (SSSR count). The molecule has 1 atom stereocenters. The summed E-state index contributed by atoms with van der Waals surface area (Å²) in [4.78, 5) is 18.5. The standard InChI is InChI=1S/C27H36N6O2/c1-8-27(6,7)33-25(29-30-31-33)24(17(2)3)32(16-22-10-9-11-35-22)15-21-14-20-12-18(4)19(5)13-23(20)28-26(21)34/h9-14,17,24H,8,15-16H2,1-7H3,(H,28,34). The quantitative estimate of drug-likeness (QED) is 0.354. The van der Waals surface area contributed by atoms with Crippen LogP contribution in [-0.4, -0.2) is 30.1 Å². The summed E-state index contributed by atoms with van der Waals surface area (Å²) >= 11 is 0. The summed E-state index contributed by atoms with van der Waals surface area (Å²) in [6.45, 7) is 15.8.